The Hall–Kier alpha value is -1.62. The topological polar surface area (TPSA) is 46.0 Å². The molecule has 0 aliphatic carbocycles. The predicted molar refractivity (Wildman–Crippen MR) is 77.4 cm³/mol. The highest BCUT2D eigenvalue weighted by Crippen LogP contribution is 2.21. The summed E-state index contributed by atoms with van der Waals surface area (Å²) in [6, 6.07) is 6.49. The first-order valence-corrected chi connectivity index (χ1v) is 7.03. The van der Waals surface area contributed by atoms with Gasteiger partial charge in [0, 0.05) is 38.4 Å². The van der Waals surface area contributed by atoms with Crippen LogP contribution in [0.4, 0.5) is 5.69 Å². The van der Waals surface area contributed by atoms with Crippen LogP contribution in [0.1, 0.15) is 13.8 Å². The monoisotopic (exact) mass is 259 g/mol. The molecular weight excluding hydrogens is 238 g/mol. The van der Waals surface area contributed by atoms with Crippen LogP contribution in [0.3, 0.4) is 0 Å². The fourth-order valence-electron chi connectivity index (χ4n) is 2.56. The number of rotatable bonds is 3. The zero-order chi connectivity index (χ0) is 13.2. The smallest absolute Gasteiger partial charge is 0.115 e. The van der Waals surface area contributed by atoms with E-state index in [0.29, 0.717) is 5.92 Å². The number of piperazine rings is 1. The van der Waals surface area contributed by atoms with E-state index >= 15 is 0 Å². The number of nitrogens with zero attached hydrogens (tertiary/aromatic N) is 4. The van der Waals surface area contributed by atoms with Crippen molar-refractivity contribution in [2.45, 2.75) is 20.4 Å². The molecule has 1 aromatic heterocycles. The van der Waals surface area contributed by atoms with Crippen LogP contribution in [0.25, 0.3) is 11.0 Å². The summed E-state index contributed by atoms with van der Waals surface area (Å²) in [6.07, 6.45) is 0. The van der Waals surface area contributed by atoms with Gasteiger partial charge in [-0.15, -0.1) is 5.10 Å². The molecule has 2 aromatic rings. The first-order chi connectivity index (χ1) is 9.24. The highest BCUT2D eigenvalue weighted by molar-refractivity contribution is 5.79. The molecule has 0 atom stereocenters. The minimum absolute atomic E-state index is 0.581. The van der Waals surface area contributed by atoms with E-state index in [1.807, 2.05) is 4.68 Å². The first kappa shape index (κ1) is 12.4. The Morgan fingerprint density at radius 1 is 1.26 bits per heavy atom. The lowest BCUT2D eigenvalue weighted by molar-refractivity contribution is 0.483. The van der Waals surface area contributed by atoms with Crippen molar-refractivity contribution >= 4 is 16.7 Å². The quantitative estimate of drug-likeness (QED) is 0.907. The number of hydrogen-bond donors (Lipinski definition) is 1. The number of nitrogens with one attached hydrogen (secondary N) is 1. The van der Waals surface area contributed by atoms with Gasteiger partial charge in [0.15, 0.2) is 0 Å². The molecule has 1 N–H and O–H groups in total. The fourth-order valence-corrected chi connectivity index (χ4v) is 2.56. The molecule has 5 heteroatoms. The number of benzene rings is 1. The first-order valence-electron chi connectivity index (χ1n) is 7.03. The Morgan fingerprint density at radius 2 is 2.05 bits per heavy atom. The van der Waals surface area contributed by atoms with E-state index in [1.54, 1.807) is 0 Å². The van der Waals surface area contributed by atoms with E-state index < -0.39 is 0 Å². The fraction of sp³-hybridized carbons (Fsp3) is 0.571. The van der Waals surface area contributed by atoms with E-state index in [1.165, 1.54) is 5.69 Å². The van der Waals surface area contributed by atoms with E-state index in [2.05, 4.69) is 52.6 Å². The van der Waals surface area contributed by atoms with Crippen LogP contribution < -0.4 is 10.2 Å². The third-order valence-corrected chi connectivity index (χ3v) is 3.52. The van der Waals surface area contributed by atoms with Gasteiger partial charge in [0.1, 0.15) is 5.52 Å². The molecule has 1 aliphatic heterocycles. The van der Waals surface area contributed by atoms with Crippen molar-refractivity contribution in [2.75, 3.05) is 31.1 Å². The van der Waals surface area contributed by atoms with Gasteiger partial charge in [-0.1, -0.05) is 19.1 Å². The van der Waals surface area contributed by atoms with Gasteiger partial charge in [-0.25, -0.2) is 4.68 Å². The SMILES string of the molecule is CC(C)Cn1nnc2cc(N3CCNCC3)ccc21. The molecule has 0 radical (unpaired) electrons. The number of anilines is 1. The van der Waals surface area contributed by atoms with Gasteiger partial charge >= 0.3 is 0 Å². The van der Waals surface area contributed by atoms with Crippen LogP contribution in [0, 0.1) is 5.92 Å². The Balaban J connectivity index is 1.89. The van der Waals surface area contributed by atoms with Gasteiger partial charge in [-0.2, -0.15) is 0 Å². The van der Waals surface area contributed by atoms with Crippen molar-refractivity contribution in [1.82, 2.24) is 20.3 Å². The van der Waals surface area contributed by atoms with Crippen LogP contribution in [0.2, 0.25) is 0 Å². The lowest BCUT2D eigenvalue weighted by atomic mass is 10.2. The second-order valence-corrected chi connectivity index (χ2v) is 5.58. The highest BCUT2D eigenvalue weighted by atomic mass is 15.4. The summed E-state index contributed by atoms with van der Waals surface area (Å²) >= 11 is 0. The molecule has 0 bridgehead atoms. The van der Waals surface area contributed by atoms with Gasteiger partial charge in [0.2, 0.25) is 0 Å². The van der Waals surface area contributed by atoms with Crippen LogP contribution in [0.5, 0.6) is 0 Å². The molecule has 19 heavy (non-hydrogen) atoms. The zero-order valence-corrected chi connectivity index (χ0v) is 11.6. The molecule has 1 saturated heterocycles. The number of hydrogen-bond acceptors (Lipinski definition) is 4. The zero-order valence-electron chi connectivity index (χ0n) is 11.6. The second kappa shape index (κ2) is 5.17. The largest absolute Gasteiger partial charge is 0.369 e. The maximum Gasteiger partial charge on any atom is 0.115 e. The molecule has 102 valence electrons. The summed E-state index contributed by atoms with van der Waals surface area (Å²) < 4.78 is 2.00. The van der Waals surface area contributed by atoms with E-state index in [4.69, 9.17) is 0 Å². The van der Waals surface area contributed by atoms with Crippen molar-refractivity contribution in [3.05, 3.63) is 18.2 Å². The van der Waals surface area contributed by atoms with Crippen molar-refractivity contribution in [3.8, 4) is 0 Å². The van der Waals surface area contributed by atoms with Crippen LogP contribution in [-0.4, -0.2) is 41.2 Å². The Kier molecular flexibility index (Phi) is 3.38. The van der Waals surface area contributed by atoms with Gasteiger partial charge in [-0.3, -0.25) is 0 Å². The normalized spacial score (nSPS) is 16.5. The molecule has 3 rings (SSSR count). The predicted octanol–water partition coefficient (Wildman–Crippen LogP) is 1.50. The Bertz CT molecular complexity index is 554. The Morgan fingerprint density at radius 3 is 2.79 bits per heavy atom. The standard InChI is InChI=1S/C14H21N5/c1-11(2)10-19-14-4-3-12(9-13(14)16-17-19)18-7-5-15-6-8-18/h3-4,9,11,15H,5-8,10H2,1-2H3. The minimum Gasteiger partial charge on any atom is -0.369 e. The van der Waals surface area contributed by atoms with E-state index in [-0.39, 0.29) is 0 Å². The third-order valence-electron chi connectivity index (χ3n) is 3.52. The maximum atomic E-state index is 4.30. The van der Waals surface area contributed by atoms with Gasteiger partial charge < -0.3 is 10.2 Å². The van der Waals surface area contributed by atoms with E-state index in [0.717, 1.165) is 43.8 Å². The second-order valence-electron chi connectivity index (χ2n) is 5.58. The molecule has 0 unspecified atom stereocenters. The number of fused-ring (bicyclic) bond motifs is 1. The average Bonchev–Trinajstić information content (AvgIpc) is 2.81. The lowest BCUT2D eigenvalue weighted by Crippen LogP contribution is -2.43. The van der Waals surface area contributed by atoms with E-state index in [9.17, 15) is 0 Å². The Labute approximate surface area is 113 Å². The average molecular weight is 259 g/mol. The highest BCUT2D eigenvalue weighted by Gasteiger charge is 2.13. The summed E-state index contributed by atoms with van der Waals surface area (Å²) in [7, 11) is 0. The van der Waals surface area contributed by atoms with Crippen LogP contribution >= 0.6 is 0 Å². The third kappa shape index (κ3) is 2.56. The van der Waals surface area contributed by atoms with Crippen molar-refractivity contribution in [1.29, 1.82) is 0 Å². The van der Waals surface area contributed by atoms with Crippen molar-refractivity contribution < 1.29 is 0 Å². The van der Waals surface area contributed by atoms with Gasteiger partial charge in [-0.05, 0) is 24.1 Å². The van der Waals surface area contributed by atoms with Crippen LogP contribution in [-0.2, 0) is 6.54 Å². The van der Waals surface area contributed by atoms with Crippen LogP contribution in [0.15, 0.2) is 18.2 Å². The molecule has 5 nitrogen and oxygen atoms in total. The molecule has 0 amide bonds. The number of aromatic nitrogens is 3. The lowest BCUT2D eigenvalue weighted by Gasteiger charge is -2.29. The van der Waals surface area contributed by atoms with Crippen molar-refractivity contribution in [2.24, 2.45) is 5.92 Å². The maximum absolute atomic E-state index is 4.30. The minimum atomic E-state index is 0.581. The molecule has 2 heterocycles. The molecule has 1 aliphatic rings. The summed E-state index contributed by atoms with van der Waals surface area (Å²) in [4.78, 5) is 2.40. The van der Waals surface area contributed by atoms with Gasteiger partial charge in [0.05, 0.1) is 5.52 Å². The molecule has 1 fully saturated rings. The van der Waals surface area contributed by atoms with Gasteiger partial charge in [0.25, 0.3) is 0 Å². The van der Waals surface area contributed by atoms with Crippen molar-refractivity contribution in [3.63, 3.8) is 0 Å². The molecule has 0 saturated carbocycles. The summed E-state index contributed by atoms with van der Waals surface area (Å²) in [5.41, 5.74) is 3.38. The summed E-state index contributed by atoms with van der Waals surface area (Å²) in [6.45, 7) is 9.54. The molecule has 0 spiro atoms. The summed E-state index contributed by atoms with van der Waals surface area (Å²) in [5, 5.41) is 11.9. The molecular formula is C14H21N5. The molecule has 1 aromatic carbocycles. The summed E-state index contributed by atoms with van der Waals surface area (Å²) in [5.74, 6) is 0.581.